The number of amides is 1. The molecule has 5 nitrogen and oxygen atoms in total. The number of hydrogen-bond donors (Lipinski definition) is 1. The Balaban J connectivity index is 2.57. The molecule has 0 bridgehead atoms. The van der Waals surface area contributed by atoms with Gasteiger partial charge >= 0.3 is 0 Å². The maximum Gasteiger partial charge on any atom is 0.251 e. The largest absolute Gasteiger partial charge is 0.548 e. The van der Waals surface area contributed by atoms with Gasteiger partial charge in [-0.2, -0.15) is 0 Å². The minimum Gasteiger partial charge on any atom is -0.548 e. The predicted octanol–water partition coefficient (Wildman–Crippen LogP) is 2.15. The van der Waals surface area contributed by atoms with E-state index >= 15 is 0 Å². The van der Waals surface area contributed by atoms with Crippen molar-refractivity contribution in [2.45, 2.75) is 52.5 Å². The Bertz CT molecular complexity index is 496. The zero-order valence-corrected chi connectivity index (χ0v) is 14.1. The van der Waals surface area contributed by atoms with Gasteiger partial charge in [-0.05, 0) is 43.0 Å². The van der Waals surface area contributed by atoms with E-state index in [1.165, 1.54) is 0 Å². The van der Waals surface area contributed by atoms with Crippen LogP contribution in [0.4, 0.5) is 0 Å². The van der Waals surface area contributed by atoms with Gasteiger partial charge in [0.25, 0.3) is 5.91 Å². The van der Waals surface area contributed by atoms with Crippen LogP contribution in [0.25, 0.3) is 0 Å². The first-order valence-electron chi connectivity index (χ1n) is 8.18. The van der Waals surface area contributed by atoms with E-state index in [1.54, 1.807) is 24.3 Å². The highest BCUT2D eigenvalue weighted by Gasteiger charge is 2.16. The van der Waals surface area contributed by atoms with Crippen LogP contribution in [0.15, 0.2) is 24.3 Å². The zero-order valence-electron chi connectivity index (χ0n) is 14.1. The number of hydrogen-bond acceptors (Lipinski definition) is 4. The Morgan fingerprint density at radius 1 is 1.17 bits per heavy atom. The highest BCUT2D eigenvalue weighted by molar-refractivity contribution is 5.96. The number of ether oxygens (including phenoxy) is 1. The number of carbonyl (C=O) groups excluding carboxylic acids is 2. The first-order chi connectivity index (χ1) is 10.9. The van der Waals surface area contributed by atoms with Crippen LogP contribution in [0.3, 0.4) is 0 Å². The van der Waals surface area contributed by atoms with Crippen LogP contribution in [0.1, 0.15) is 56.8 Å². The molecule has 0 fully saturated rings. The van der Waals surface area contributed by atoms with Gasteiger partial charge in [-0.25, -0.2) is 0 Å². The van der Waals surface area contributed by atoms with Gasteiger partial charge in [-0.15, -0.1) is 0 Å². The van der Waals surface area contributed by atoms with Crippen molar-refractivity contribution in [1.29, 1.82) is 0 Å². The van der Waals surface area contributed by atoms with Gasteiger partial charge in [-0.3, -0.25) is 4.79 Å². The molecule has 0 radical (unpaired) electrons. The Morgan fingerprint density at radius 2 is 1.83 bits per heavy atom. The lowest BCUT2D eigenvalue weighted by Gasteiger charge is -2.21. The molecule has 1 N–H and O–H groups in total. The summed E-state index contributed by atoms with van der Waals surface area (Å²) in [5.41, 5.74) is 0.404. The zero-order chi connectivity index (χ0) is 17.2. The van der Waals surface area contributed by atoms with Gasteiger partial charge in [0.05, 0.1) is 18.6 Å². The van der Waals surface area contributed by atoms with Crippen LogP contribution in [0.2, 0.25) is 0 Å². The summed E-state index contributed by atoms with van der Waals surface area (Å²) < 4.78 is 5.58. The topological polar surface area (TPSA) is 78.5 Å². The quantitative estimate of drug-likeness (QED) is 0.670. The summed E-state index contributed by atoms with van der Waals surface area (Å²) in [5.74, 6) is -0.825. The van der Waals surface area contributed by atoms with Crippen LogP contribution < -0.4 is 15.2 Å². The van der Waals surface area contributed by atoms with Crippen molar-refractivity contribution in [3.63, 3.8) is 0 Å². The molecule has 1 atom stereocenters. The van der Waals surface area contributed by atoms with Gasteiger partial charge in [0.2, 0.25) is 0 Å². The third-order valence-corrected chi connectivity index (χ3v) is 3.43. The minimum absolute atomic E-state index is 0.150. The maximum absolute atomic E-state index is 12.1. The number of aliphatic carboxylic acids is 1. The highest BCUT2D eigenvalue weighted by Crippen LogP contribution is 2.13. The molecule has 128 valence electrons. The fourth-order valence-electron chi connectivity index (χ4n) is 2.17. The monoisotopic (exact) mass is 320 g/mol. The molecule has 1 rings (SSSR count). The van der Waals surface area contributed by atoms with E-state index in [-0.39, 0.29) is 5.92 Å². The lowest BCUT2D eigenvalue weighted by Crippen LogP contribution is -2.48. The third kappa shape index (κ3) is 7.17. The van der Waals surface area contributed by atoms with E-state index in [1.807, 2.05) is 13.8 Å². The second-order valence-electron chi connectivity index (χ2n) is 6.05. The van der Waals surface area contributed by atoms with E-state index in [9.17, 15) is 14.7 Å². The molecule has 5 heteroatoms. The van der Waals surface area contributed by atoms with Crippen LogP contribution in [-0.4, -0.2) is 24.5 Å². The van der Waals surface area contributed by atoms with Crippen molar-refractivity contribution in [3.05, 3.63) is 29.8 Å². The van der Waals surface area contributed by atoms with E-state index < -0.39 is 17.9 Å². The summed E-state index contributed by atoms with van der Waals surface area (Å²) in [4.78, 5) is 23.2. The second-order valence-corrected chi connectivity index (χ2v) is 6.05. The molecule has 0 saturated carbocycles. The van der Waals surface area contributed by atoms with E-state index in [2.05, 4.69) is 12.2 Å². The minimum atomic E-state index is -1.26. The number of unbranched alkanes of at least 4 members (excludes halogenated alkanes) is 2. The SMILES string of the molecule is CCCCCOc1ccc(C(=O)N[C@@H](CC(C)C)C(=O)[O-])cc1. The molecule has 0 aliphatic rings. The molecule has 1 amide bonds. The summed E-state index contributed by atoms with van der Waals surface area (Å²) in [5, 5.41) is 13.6. The molecule has 0 unspecified atom stereocenters. The van der Waals surface area contributed by atoms with Crippen molar-refractivity contribution in [2.75, 3.05) is 6.61 Å². The molecule has 1 aromatic rings. The highest BCUT2D eigenvalue weighted by atomic mass is 16.5. The lowest BCUT2D eigenvalue weighted by molar-refractivity contribution is -0.308. The normalized spacial score (nSPS) is 12.0. The fraction of sp³-hybridized carbons (Fsp3) is 0.556. The first-order valence-corrected chi connectivity index (χ1v) is 8.18. The van der Waals surface area contributed by atoms with Crippen LogP contribution in [0.5, 0.6) is 5.75 Å². The predicted molar refractivity (Wildman–Crippen MR) is 87.2 cm³/mol. The van der Waals surface area contributed by atoms with E-state index in [0.717, 1.165) is 19.3 Å². The Hall–Kier alpha value is -2.04. The van der Waals surface area contributed by atoms with Crippen molar-refractivity contribution in [3.8, 4) is 5.75 Å². The Morgan fingerprint density at radius 3 is 2.35 bits per heavy atom. The Kier molecular flexibility index (Phi) is 8.16. The summed E-state index contributed by atoms with van der Waals surface area (Å²) in [6.07, 6.45) is 3.60. The first kappa shape index (κ1) is 19.0. The number of nitrogens with one attached hydrogen (secondary N) is 1. The molecule has 0 saturated heterocycles. The molecule has 0 heterocycles. The van der Waals surface area contributed by atoms with Gasteiger partial charge < -0.3 is 20.0 Å². The molecule has 0 aliphatic carbocycles. The van der Waals surface area contributed by atoms with Crippen molar-refractivity contribution in [2.24, 2.45) is 5.92 Å². The van der Waals surface area contributed by atoms with Gasteiger partial charge in [-0.1, -0.05) is 33.6 Å². The van der Waals surface area contributed by atoms with E-state index in [0.29, 0.717) is 24.3 Å². The Labute approximate surface area is 138 Å². The van der Waals surface area contributed by atoms with E-state index in [4.69, 9.17) is 4.74 Å². The van der Waals surface area contributed by atoms with Gasteiger partial charge in [0.1, 0.15) is 5.75 Å². The molecular formula is C18H26NO4-. The van der Waals surface area contributed by atoms with Crippen LogP contribution >= 0.6 is 0 Å². The van der Waals surface area contributed by atoms with Gasteiger partial charge in [0, 0.05) is 5.56 Å². The number of rotatable bonds is 10. The molecule has 0 spiro atoms. The smallest absolute Gasteiger partial charge is 0.251 e. The molecule has 0 aliphatic heterocycles. The number of carbonyl (C=O) groups is 2. The summed E-state index contributed by atoms with van der Waals surface area (Å²) in [6.45, 7) is 6.58. The van der Waals surface area contributed by atoms with Crippen LogP contribution in [0, 0.1) is 5.92 Å². The summed E-state index contributed by atoms with van der Waals surface area (Å²) >= 11 is 0. The number of benzene rings is 1. The van der Waals surface area contributed by atoms with Crippen molar-refractivity contribution < 1.29 is 19.4 Å². The standard InChI is InChI=1S/C18H27NO4/c1-4-5-6-11-23-15-9-7-14(8-10-15)17(20)19-16(18(21)22)12-13(2)3/h7-10,13,16H,4-6,11-12H2,1-3H3,(H,19,20)(H,21,22)/p-1/t16-/m0/s1. The fourth-order valence-corrected chi connectivity index (χ4v) is 2.17. The average molecular weight is 320 g/mol. The average Bonchev–Trinajstić information content (AvgIpc) is 2.51. The molecule has 1 aromatic carbocycles. The molecule has 0 aromatic heterocycles. The maximum atomic E-state index is 12.1. The molecule has 23 heavy (non-hydrogen) atoms. The van der Waals surface area contributed by atoms with Gasteiger partial charge in [0.15, 0.2) is 0 Å². The number of carboxylic acid groups (broad SMARTS) is 1. The van der Waals surface area contributed by atoms with Crippen molar-refractivity contribution in [1.82, 2.24) is 5.32 Å². The molecular weight excluding hydrogens is 294 g/mol. The lowest BCUT2D eigenvalue weighted by atomic mass is 10.0. The second kappa shape index (κ2) is 9.87. The van der Waals surface area contributed by atoms with Crippen LogP contribution in [-0.2, 0) is 4.79 Å². The number of carboxylic acids is 1. The summed E-state index contributed by atoms with van der Waals surface area (Å²) in [7, 11) is 0. The summed E-state index contributed by atoms with van der Waals surface area (Å²) in [6, 6.07) is 5.72. The third-order valence-electron chi connectivity index (χ3n) is 3.43. The van der Waals surface area contributed by atoms with Crippen molar-refractivity contribution >= 4 is 11.9 Å².